The molecule has 4 nitrogen and oxygen atoms in total. The van der Waals surface area contributed by atoms with E-state index in [1.165, 1.54) is 30.9 Å². The number of hydrogen-bond donors (Lipinski definition) is 1. The summed E-state index contributed by atoms with van der Waals surface area (Å²) in [6.45, 7) is 2.14. The summed E-state index contributed by atoms with van der Waals surface area (Å²) < 4.78 is 35.6. The monoisotopic (exact) mass is 482 g/mol. The van der Waals surface area contributed by atoms with Crippen LogP contribution in [0.1, 0.15) is 48.7 Å². The predicted molar refractivity (Wildman–Crippen MR) is 128 cm³/mol. The molecule has 32 heavy (non-hydrogen) atoms. The molecule has 174 valence electrons. The maximum Gasteiger partial charge on any atom is 0.197 e. The van der Waals surface area contributed by atoms with Gasteiger partial charge in [-0.25, -0.2) is 9.37 Å². The second-order valence-electron chi connectivity index (χ2n) is 7.26. The van der Waals surface area contributed by atoms with Gasteiger partial charge in [0.25, 0.3) is 0 Å². The van der Waals surface area contributed by atoms with Crippen LogP contribution in [0.15, 0.2) is 47.1 Å². The average molecular weight is 483 g/mol. The van der Waals surface area contributed by atoms with Crippen molar-refractivity contribution in [3.8, 4) is 16.9 Å². The second-order valence-corrected chi connectivity index (χ2v) is 8.14. The van der Waals surface area contributed by atoms with Crippen LogP contribution in [0.4, 0.5) is 8.78 Å². The molecular formula is C24H29ClF2N2O2S. The lowest BCUT2D eigenvalue weighted by Crippen LogP contribution is -1.99. The molecular weight excluding hydrogens is 454 g/mol. The summed E-state index contributed by atoms with van der Waals surface area (Å²) in [5, 5.41) is 5.18. The Morgan fingerprint density at radius 3 is 2.53 bits per heavy atom. The van der Waals surface area contributed by atoms with Crippen molar-refractivity contribution in [1.29, 1.82) is 0 Å². The van der Waals surface area contributed by atoms with Crippen LogP contribution in [0, 0.1) is 12.7 Å². The molecule has 1 heterocycles. The van der Waals surface area contributed by atoms with Gasteiger partial charge >= 0.3 is 0 Å². The number of hydrogen-bond acceptors (Lipinski definition) is 5. The van der Waals surface area contributed by atoms with Gasteiger partial charge in [-0.05, 0) is 49.8 Å². The standard InChI is InChI=1S/C22H21ClFNO2.CH3F.CH5NS/c1-14-10-18(20(24)11-19(14)23)17-8-4-5-9-21(17)26-12-16-13-27-22(25-16)15-6-2-3-7-15;1-2;1-3-2/h4-5,8-11,13,15H,2-3,6-7,12H2,1H3;1H3;2H2,1H3. The average Bonchev–Trinajstić information content (AvgIpc) is 3.49. The van der Waals surface area contributed by atoms with Crippen LogP contribution < -0.4 is 9.88 Å². The molecule has 0 unspecified atom stereocenters. The topological polar surface area (TPSA) is 61.3 Å². The van der Waals surface area contributed by atoms with Crippen LogP contribution in [0.25, 0.3) is 11.1 Å². The highest BCUT2D eigenvalue weighted by Crippen LogP contribution is 2.36. The first-order chi connectivity index (χ1) is 15.5. The Balaban J connectivity index is 0.000000671. The first-order valence-electron chi connectivity index (χ1n) is 10.3. The summed E-state index contributed by atoms with van der Waals surface area (Å²) in [6, 6.07) is 10.5. The lowest BCUT2D eigenvalue weighted by atomic mass is 10.0. The summed E-state index contributed by atoms with van der Waals surface area (Å²) >= 11 is 7.27. The van der Waals surface area contributed by atoms with E-state index in [2.05, 4.69) is 4.98 Å². The lowest BCUT2D eigenvalue weighted by molar-refractivity contribution is 0.302. The number of nitrogens with zero attached hydrogens (tertiary/aromatic N) is 1. The van der Waals surface area contributed by atoms with Gasteiger partial charge in [0.1, 0.15) is 30.1 Å². The molecule has 0 spiro atoms. The highest BCUT2D eigenvalue weighted by molar-refractivity contribution is 7.96. The molecule has 2 N–H and O–H groups in total. The van der Waals surface area contributed by atoms with Crippen LogP contribution in [0.5, 0.6) is 5.75 Å². The minimum atomic E-state index is -0.369. The van der Waals surface area contributed by atoms with Crippen molar-refractivity contribution in [2.24, 2.45) is 5.14 Å². The molecule has 1 aliphatic rings. The van der Waals surface area contributed by atoms with Gasteiger partial charge in [0.15, 0.2) is 5.89 Å². The molecule has 0 radical (unpaired) electrons. The van der Waals surface area contributed by atoms with Crippen molar-refractivity contribution in [3.05, 3.63) is 70.6 Å². The van der Waals surface area contributed by atoms with E-state index >= 15 is 0 Å². The second kappa shape index (κ2) is 13.5. The number of nitrogens with two attached hydrogens (primary N) is 1. The molecule has 0 amide bonds. The van der Waals surface area contributed by atoms with Gasteiger partial charge in [0.2, 0.25) is 0 Å². The van der Waals surface area contributed by atoms with Gasteiger partial charge in [-0.3, -0.25) is 9.53 Å². The van der Waals surface area contributed by atoms with Crippen molar-refractivity contribution < 1.29 is 17.9 Å². The maximum absolute atomic E-state index is 14.5. The number of halogens is 3. The molecule has 4 rings (SSSR count). The Bertz CT molecular complexity index is 978. The fourth-order valence-electron chi connectivity index (χ4n) is 3.58. The molecule has 1 fully saturated rings. The van der Waals surface area contributed by atoms with Crippen LogP contribution in [0.3, 0.4) is 0 Å². The minimum absolute atomic E-state index is 0.279. The molecule has 1 saturated carbocycles. The molecule has 0 bridgehead atoms. The summed E-state index contributed by atoms with van der Waals surface area (Å²) in [4.78, 5) is 4.57. The molecule has 1 aliphatic carbocycles. The number of oxazole rings is 1. The first-order valence-corrected chi connectivity index (χ1v) is 11.9. The van der Waals surface area contributed by atoms with Crippen LogP contribution in [0.2, 0.25) is 5.02 Å². The fourth-order valence-corrected chi connectivity index (χ4v) is 3.73. The van der Waals surface area contributed by atoms with Crippen molar-refractivity contribution in [2.75, 3.05) is 13.4 Å². The SMILES string of the molecule is CF.CSN.Cc1cc(-c2ccccc2OCc2coc(C3CCCC3)n2)c(F)cc1Cl. The highest BCUT2D eigenvalue weighted by Gasteiger charge is 2.22. The molecule has 0 saturated heterocycles. The van der Waals surface area contributed by atoms with Crippen LogP contribution in [-0.4, -0.2) is 18.4 Å². The first kappa shape index (κ1) is 26.2. The number of rotatable bonds is 5. The normalized spacial score (nSPS) is 13.1. The van der Waals surface area contributed by atoms with Gasteiger partial charge in [0, 0.05) is 22.1 Å². The Morgan fingerprint density at radius 2 is 1.84 bits per heavy atom. The largest absolute Gasteiger partial charge is 0.487 e. The van der Waals surface area contributed by atoms with E-state index in [0.29, 0.717) is 35.0 Å². The molecule has 0 atom stereocenters. The molecule has 1 aromatic heterocycles. The summed E-state index contributed by atoms with van der Waals surface area (Å²) in [5.41, 5.74) is 2.73. The van der Waals surface area contributed by atoms with Gasteiger partial charge in [-0.1, -0.05) is 54.6 Å². The number of aromatic nitrogens is 1. The number of benzene rings is 2. The van der Waals surface area contributed by atoms with Gasteiger partial charge in [0.05, 0.1) is 7.18 Å². The van der Waals surface area contributed by atoms with Crippen molar-refractivity contribution in [2.45, 2.75) is 45.1 Å². The van der Waals surface area contributed by atoms with Crippen molar-refractivity contribution >= 4 is 23.5 Å². The zero-order chi connectivity index (χ0) is 23.5. The number of aryl methyl sites for hydroxylation is 1. The summed E-state index contributed by atoms with van der Waals surface area (Å²) in [6.07, 6.45) is 8.22. The predicted octanol–water partition coefficient (Wildman–Crippen LogP) is 7.49. The Labute approximate surface area is 197 Å². The highest BCUT2D eigenvalue weighted by atomic mass is 35.5. The zero-order valence-corrected chi connectivity index (χ0v) is 20.1. The molecule has 8 heteroatoms. The van der Waals surface area contributed by atoms with Gasteiger partial charge in [-0.2, -0.15) is 0 Å². The maximum atomic E-state index is 14.5. The third-order valence-electron chi connectivity index (χ3n) is 5.08. The van der Waals surface area contributed by atoms with Crippen molar-refractivity contribution in [3.63, 3.8) is 0 Å². The molecule has 3 aromatic rings. The number of ether oxygens (including phenoxy) is 1. The van der Waals surface area contributed by atoms with Gasteiger partial charge in [-0.15, -0.1) is 0 Å². The molecule has 0 aliphatic heterocycles. The van der Waals surface area contributed by atoms with E-state index in [4.69, 9.17) is 25.9 Å². The molecule has 2 aromatic carbocycles. The van der Waals surface area contributed by atoms with E-state index in [9.17, 15) is 8.78 Å². The lowest BCUT2D eigenvalue weighted by Gasteiger charge is -2.12. The third kappa shape index (κ3) is 6.95. The van der Waals surface area contributed by atoms with Gasteiger partial charge < -0.3 is 9.15 Å². The van der Waals surface area contributed by atoms with E-state index in [-0.39, 0.29) is 12.4 Å². The Morgan fingerprint density at radius 1 is 1.19 bits per heavy atom. The number of alkyl halides is 1. The Hall–Kier alpha value is -2.09. The summed E-state index contributed by atoms with van der Waals surface area (Å²) in [5.74, 6) is 1.46. The van der Waals surface area contributed by atoms with E-state index in [1.54, 1.807) is 12.3 Å². The van der Waals surface area contributed by atoms with Crippen LogP contribution >= 0.6 is 23.5 Å². The van der Waals surface area contributed by atoms with E-state index in [1.807, 2.05) is 37.4 Å². The van der Waals surface area contributed by atoms with E-state index in [0.717, 1.165) is 30.0 Å². The van der Waals surface area contributed by atoms with Crippen molar-refractivity contribution in [1.82, 2.24) is 4.98 Å². The number of para-hydroxylation sites is 1. The fraction of sp³-hybridized carbons (Fsp3) is 0.375. The Kier molecular flexibility index (Phi) is 11.0. The quantitative estimate of drug-likeness (QED) is 0.382. The summed E-state index contributed by atoms with van der Waals surface area (Å²) in [7, 11) is 0.500. The third-order valence-corrected chi connectivity index (χ3v) is 5.48. The van der Waals surface area contributed by atoms with Crippen LogP contribution in [-0.2, 0) is 6.61 Å². The zero-order valence-electron chi connectivity index (χ0n) is 18.5. The smallest absolute Gasteiger partial charge is 0.197 e. The minimum Gasteiger partial charge on any atom is -0.487 e. The van der Waals surface area contributed by atoms with E-state index < -0.39 is 0 Å².